The minimum Gasteiger partial charge on any atom is -0.496 e. The Kier molecular flexibility index (Phi) is 6.76. The average molecular weight is 473 g/mol. The minimum atomic E-state index is -4.54. The zero-order valence-corrected chi connectivity index (χ0v) is 18.9. The molecule has 1 saturated heterocycles. The number of pyridine rings is 2. The third kappa shape index (κ3) is 5.16. The lowest BCUT2D eigenvalue weighted by molar-refractivity contribution is -0.141. The van der Waals surface area contributed by atoms with Crippen molar-refractivity contribution in [3.05, 3.63) is 54.0 Å². The Morgan fingerprint density at radius 3 is 2.62 bits per heavy atom. The normalized spacial score (nSPS) is 14.8. The molecule has 1 aromatic carbocycles. The van der Waals surface area contributed by atoms with Crippen LogP contribution in [0.15, 0.2) is 42.7 Å². The van der Waals surface area contributed by atoms with Crippen LogP contribution in [-0.2, 0) is 12.7 Å². The van der Waals surface area contributed by atoms with Crippen molar-refractivity contribution < 1.29 is 22.7 Å². The number of hydrogen-bond acceptors (Lipinski definition) is 5. The van der Waals surface area contributed by atoms with Gasteiger partial charge in [0, 0.05) is 48.4 Å². The molecule has 0 spiro atoms. The Hall–Kier alpha value is -3.56. The van der Waals surface area contributed by atoms with Gasteiger partial charge >= 0.3 is 12.2 Å². The molecule has 180 valence electrons. The van der Waals surface area contributed by atoms with E-state index in [4.69, 9.17) is 4.74 Å². The van der Waals surface area contributed by atoms with Gasteiger partial charge < -0.3 is 20.3 Å². The number of benzene rings is 1. The summed E-state index contributed by atoms with van der Waals surface area (Å²) in [4.78, 5) is 22.6. The second-order valence-corrected chi connectivity index (χ2v) is 8.39. The van der Waals surface area contributed by atoms with Gasteiger partial charge in [0.05, 0.1) is 12.8 Å². The number of methoxy groups -OCH3 is 1. The highest BCUT2D eigenvalue weighted by molar-refractivity contribution is 6.03. The molecule has 0 aliphatic carbocycles. The van der Waals surface area contributed by atoms with Crippen LogP contribution in [0.25, 0.3) is 10.8 Å². The van der Waals surface area contributed by atoms with E-state index in [-0.39, 0.29) is 12.4 Å². The summed E-state index contributed by atoms with van der Waals surface area (Å²) in [6, 6.07) is 7.09. The number of anilines is 2. The number of carbonyl (C=O) groups excluding carboxylic acids is 1. The van der Waals surface area contributed by atoms with Crippen molar-refractivity contribution in [1.82, 2.24) is 15.3 Å². The summed E-state index contributed by atoms with van der Waals surface area (Å²) in [7, 11) is 1.56. The Morgan fingerprint density at radius 1 is 1.15 bits per heavy atom. The maximum Gasteiger partial charge on any atom is 0.433 e. The molecule has 1 fully saturated rings. The van der Waals surface area contributed by atoms with Gasteiger partial charge in [0.2, 0.25) is 0 Å². The Morgan fingerprint density at radius 2 is 1.91 bits per heavy atom. The molecule has 0 bridgehead atoms. The van der Waals surface area contributed by atoms with E-state index in [2.05, 4.69) is 27.5 Å². The van der Waals surface area contributed by atoms with E-state index in [1.165, 1.54) is 6.07 Å². The van der Waals surface area contributed by atoms with E-state index in [0.29, 0.717) is 41.4 Å². The van der Waals surface area contributed by atoms with Gasteiger partial charge in [-0.15, -0.1) is 0 Å². The summed E-state index contributed by atoms with van der Waals surface area (Å²) < 4.78 is 45.2. The van der Waals surface area contributed by atoms with Crippen LogP contribution < -0.4 is 20.3 Å². The second kappa shape index (κ2) is 9.74. The van der Waals surface area contributed by atoms with Crippen LogP contribution in [0.1, 0.15) is 31.0 Å². The van der Waals surface area contributed by atoms with Crippen LogP contribution in [0, 0.1) is 5.92 Å². The summed E-state index contributed by atoms with van der Waals surface area (Å²) in [6.07, 6.45) is 0.482. The predicted octanol–water partition coefficient (Wildman–Crippen LogP) is 5.22. The third-order valence-corrected chi connectivity index (χ3v) is 6.02. The van der Waals surface area contributed by atoms with E-state index < -0.39 is 17.9 Å². The minimum absolute atomic E-state index is 0.0324. The van der Waals surface area contributed by atoms with E-state index in [1.807, 2.05) is 4.90 Å². The number of piperidine rings is 1. The van der Waals surface area contributed by atoms with Gasteiger partial charge in [0.25, 0.3) is 0 Å². The molecule has 0 unspecified atom stereocenters. The monoisotopic (exact) mass is 473 g/mol. The van der Waals surface area contributed by atoms with Crippen molar-refractivity contribution in [2.45, 2.75) is 32.5 Å². The number of nitrogens with zero attached hydrogens (tertiary/aromatic N) is 3. The lowest BCUT2D eigenvalue weighted by atomic mass is 9.99. The van der Waals surface area contributed by atoms with Crippen LogP contribution in [0.5, 0.6) is 5.75 Å². The molecule has 0 radical (unpaired) electrons. The number of halogens is 3. The molecule has 34 heavy (non-hydrogen) atoms. The fourth-order valence-corrected chi connectivity index (χ4v) is 4.06. The highest BCUT2D eigenvalue weighted by Crippen LogP contribution is 2.33. The Balaban J connectivity index is 1.52. The van der Waals surface area contributed by atoms with Gasteiger partial charge in [-0.3, -0.25) is 4.98 Å². The van der Waals surface area contributed by atoms with E-state index >= 15 is 0 Å². The molecule has 4 rings (SSSR count). The van der Waals surface area contributed by atoms with Gasteiger partial charge in [-0.05, 0) is 43.0 Å². The molecule has 1 aliphatic rings. The maximum absolute atomic E-state index is 13.3. The molecular weight excluding hydrogens is 447 g/mol. The zero-order valence-electron chi connectivity index (χ0n) is 18.9. The zero-order chi connectivity index (χ0) is 24.3. The van der Waals surface area contributed by atoms with Crippen LogP contribution in [0.3, 0.4) is 0 Å². The number of rotatable bonds is 5. The lowest BCUT2D eigenvalue weighted by Crippen LogP contribution is -2.35. The molecule has 3 aromatic rings. The number of alkyl halides is 3. The Bertz CT molecular complexity index is 1180. The van der Waals surface area contributed by atoms with Crippen molar-refractivity contribution in [2.24, 2.45) is 5.92 Å². The molecule has 1 aliphatic heterocycles. The number of fused-ring (bicyclic) bond motifs is 1. The van der Waals surface area contributed by atoms with E-state index in [0.717, 1.165) is 24.3 Å². The maximum atomic E-state index is 13.3. The summed E-state index contributed by atoms with van der Waals surface area (Å²) in [5, 5.41) is 7.03. The smallest absolute Gasteiger partial charge is 0.433 e. The van der Waals surface area contributed by atoms with Gasteiger partial charge in [-0.1, -0.05) is 13.0 Å². The van der Waals surface area contributed by atoms with Crippen LogP contribution >= 0.6 is 0 Å². The average Bonchev–Trinajstić information content (AvgIpc) is 2.83. The summed E-state index contributed by atoms with van der Waals surface area (Å²) in [5.41, 5.74) is 0.127. The first-order chi connectivity index (χ1) is 16.3. The topological polar surface area (TPSA) is 79.4 Å². The highest BCUT2D eigenvalue weighted by atomic mass is 19.4. The molecular formula is C24H26F3N5O2. The number of amides is 2. The van der Waals surface area contributed by atoms with Crippen molar-refractivity contribution in [3.63, 3.8) is 0 Å². The molecule has 0 saturated carbocycles. The SMILES string of the molecule is COc1ccc(NC(=O)NCc2ccc(C(F)(F)F)nc2N2CCC(C)CC2)c2cnccc12. The first-order valence-electron chi connectivity index (χ1n) is 11.0. The Labute approximate surface area is 195 Å². The van der Waals surface area contributed by atoms with Gasteiger partial charge in [0.1, 0.15) is 17.3 Å². The van der Waals surface area contributed by atoms with Crippen LogP contribution in [0.4, 0.5) is 29.5 Å². The first kappa shape index (κ1) is 23.6. The standard InChI is InChI=1S/C24H26F3N5O2/c1-15-8-11-32(12-9-15)22-16(3-6-21(31-22)24(25,26)27)13-29-23(33)30-19-4-5-20(34-2)17-7-10-28-14-18(17)19/h3-7,10,14-15H,8-9,11-13H2,1-2H3,(H2,29,30,33). The number of urea groups is 1. The van der Waals surface area contributed by atoms with Gasteiger partial charge in [0.15, 0.2) is 0 Å². The second-order valence-electron chi connectivity index (χ2n) is 8.39. The van der Waals surface area contributed by atoms with Gasteiger partial charge in [-0.2, -0.15) is 13.2 Å². The van der Waals surface area contributed by atoms with Gasteiger partial charge in [-0.25, -0.2) is 9.78 Å². The molecule has 2 amide bonds. The third-order valence-electron chi connectivity index (χ3n) is 6.02. The highest BCUT2D eigenvalue weighted by Gasteiger charge is 2.34. The van der Waals surface area contributed by atoms with Crippen molar-refractivity contribution in [1.29, 1.82) is 0 Å². The molecule has 2 N–H and O–H groups in total. The van der Waals surface area contributed by atoms with E-state index in [9.17, 15) is 18.0 Å². The largest absolute Gasteiger partial charge is 0.496 e. The molecule has 7 nitrogen and oxygen atoms in total. The number of carbonyl (C=O) groups is 1. The molecule has 2 aromatic heterocycles. The quantitative estimate of drug-likeness (QED) is 0.532. The van der Waals surface area contributed by atoms with Crippen molar-refractivity contribution in [3.8, 4) is 5.75 Å². The molecule has 10 heteroatoms. The summed E-state index contributed by atoms with van der Waals surface area (Å²) in [5.74, 6) is 1.43. The number of hydrogen-bond donors (Lipinski definition) is 2. The van der Waals surface area contributed by atoms with E-state index in [1.54, 1.807) is 37.7 Å². The summed E-state index contributed by atoms with van der Waals surface area (Å²) in [6.45, 7) is 3.41. The fourth-order valence-electron chi connectivity index (χ4n) is 4.06. The molecule has 3 heterocycles. The number of nitrogens with one attached hydrogen (secondary N) is 2. The summed E-state index contributed by atoms with van der Waals surface area (Å²) >= 11 is 0. The first-order valence-corrected chi connectivity index (χ1v) is 11.0. The van der Waals surface area contributed by atoms with Crippen molar-refractivity contribution >= 4 is 28.3 Å². The molecule has 0 atom stereocenters. The lowest BCUT2D eigenvalue weighted by Gasteiger charge is -2.33. The predicted molar refractivity (Wildman–Crippen MR) is 124 cm³/mol. The van der Waals surface area contributed by atoms with Crippen molar-refractivity contribution in [2.75, 3.05) is 30.4 Å². The van der Waals surface area contributed by atoms with Crippen LogP contribution in [0.2, 0.25) is 0 Å². The van der Waals surface area contributed by atoms with Crippen LogP contribution in [-0.4, -0.2) is 36.2 Å². The number of aromatic nitrogens is 2. The fraction of sp³-hybridized carbons (Fsp3) is 0.375. The number of ether oxygens (including phenoxy) is 1.